The van der Waals surface area contributed by atoms with Crippen molar-refractivity contribution in [3.05, 3.63) is 17.5 Å². The van der Waals surface area contributed by atoms with Gasteiger partial charge in [0, 0.05) is 13.1 Å². The van der Waals surface area contributed by atoms with Crippen LogP contribution in [0.4, 0.5) is 0 Å². The number of hydrogen-bond acceptors (Lipinski definition) is 3. The molecule has 1 aromatic heterocycles. The van der Waals surface area contributed by atoms with E-state index >= 15 is 0 Å². The predicted molar refractivity (Wildman–Crippen MR) is 76.0 cm³/mol. The molecule has 0 saturated heterocycles. The van der Waals surface area contributed by atoms with Crippen LogP contribution in [-0.4, -0.2) is 33.3 Å². The van der Waals surface area contributed by atoms with Gasteiger partial charge in [-0.15, -0.1) is 0 Å². The van der Waals surface area contributed by atoms with Gasteiger partial charge in [-0.3, -0.25) is 14.3 Å². The normalized spacial score (nSPS) is 20.0. The second-order valence-electron chi connectivity index (χ2n) is 6.16. The van der Waals surface area contributed by atoms with E-state index in [0.29, 0.717) is 18.4 Å². The molecule has 0 bridgehead atoms. The molecule has 0 spiro atoms. The Bertz CT molecular complexity index is 559. The van der Waals surface area contributed by atoms with Gasteiger partial charge < -0.3 is 10.4 Å². The number of amides is 1. The summed E-state index contributed by atoms with van der Waals surface area (Å²) in [4.78, 5) is 23.9. The molecule has 0 aromatic carbocycles. The lowest BCUT2D eigenvalue weighted by molar-refractivity contribution is -0.150. The summed E-state index contributed by atoms with van der Waals surface area (Å²) < 4.78 is 1.86. The van der Waals surface area contributed by atoms with Gasteiger partial charge in [-0.1, -0.05) is 19.3 Å². The number of carboxylic acid groups (broad SMARTS) is 1. The van der Waals surface area contributed by atoms with Crippen LogP contribution in [-0.2, 0) is 17.8 Å². The van der Waals surface area contributed by atoms with Crippen LogP contribution in [0.25, 0.3) is 0 Å². The molecule has 2 aliphatic rings. The van der Waals surface area contributed by atoms with Gasteiger partial charge in [-0.2, -0.15) is 5.10 Å². The molecule has 3 rings (SSSR count). The lowest BCUT2D eigenvalue weighted by Gasteiger charge is -2.33. The molecule has 6 nitrogen and oxygen atoms in total. The van der Waals surface area contributed by atoms with Crippen molar-refractivity contribution in [1.29, 1.82) is 0 Å². The largest absolute Gasteiger partial charge is 0.481 e. The van der Waals surface area contributed by atoms with E-state index in [1.807, 2.05) is 4.68 Å². The lowest BCUT2D eigenvalue weighted by atomic mass is 9.74. The summed E-state index contributed by atoms with van der Waals surface area (Å²) in [6.45, 7) is 1.08. The average molecular weight is 291 g/mol. The van der Waals surface area contributed by atoms with E-state index < -0.39 is 11.4 Å². The highest BCUT2D eigenvalue weighted by Crippen LogP contribution is 2.36. The molecule has 1 saturated carbocycles. The summed E-state index contributed by atoms with van der Waals surface area (Å²) >= 11 is 0. The maximum absolute atomic E-state index is 12.3. The van der Waals surface area contributed by atoms with E-state index in [-0.39, 0.29) is 12.5 Å². The Morgan fingerprint density at radius 2 is 2.05 bits per heavy atom. The number of aliphatic carboxylic acids is 1. The first kappa shape index (κ1) is 14.1. The van der Waals surface area contributed by atoms with Gasteiger partial charge in [-0.05, 0) is 25.7 Å². The van der Waals surface area contributed by atoms with Crippen molar-refractivity contribution in [1.82, 2.24) is 15.1 Å². The average Bonchev–Trinajstić information content (AvgIpc) is 3.08. The Morgan fingerprint density at radius 1 is 1.29 bits per heavy atom. The first-order valence-corrected chi connectivity index (χ1v) is 7.69. The molecule has 2 heterocycles. The number of aryl methyl sites for hydroxylation is 1. The van der Waals surface area contributed by atoms with Crippen molar-refractivity contribution in [3.63, 3.8) is 0 Å². The quantitative estimate of drug-likeness (QED) is 0.882. The molecule has 1 aliphatic heterocycles. The third-order valence-corrected chi connectivity index (χ3v) is 4.83. The Hall–Kier alpha value is -1.85. The van der Waals surface area contributed by atoms with Crippen molar-refractivity contribution in [2.45, 2.75) is 51.5 Å². The van der Waals surface area contributed by atoms with Crippen molar-refractivity contribution in [3.8, 4) is 0 Å². The number of carboxylic acids is 1. The van der Waals surface area contributed by atoms with Crippen LogP contribution in [0.1, 0.15) is 54.6 Å². The summed E-state index contributed by atoms with van der Waals surface area (Å²) in [6.07, 6.45) is 7.70. The number of aromatic nitrogens is 2. The minimum Gasteiger partial charge on any atom is -0.481 e. The molecule has 6 heteroatoms. The zero-order valence-corrected chi connectivity index (χ0v) is 12.1. The number of nitrogens with one attached hydrogen (secondary N) is 1. The third-order valence-electron chi connectivity index (χ3n) is 4.83. The Kier molecular flexibility index (Phi) is 3.69. The Morgan fingerprint density at radius 3 is 2.76 bits per heavy atom. The van der Waals surface area contributed by atoms with Crippen molar-refractivity contribution in [2.24, 2.45) is 5.41 Å². The molecule has 21 heavy (non-hydrogen) atoms. The van der Waals surface area contributed by atoms with Crippen LogP contribution in [0, 0.1) is 5.41 Å². The SMILES string of the molecule is O=C(NCC1(C(=O)O)CCCCC1)c1cnn2c1CCC2. The van der Waals surface area contributed by atoms with Crippen LogP contribution in [0.2, 0.25) is 0 Å². The summed E-state index contributed by atoms with van der Waals surface area (Å²) in [6, 6.07) is 0. The van der Waals surface area contributed by atoms with Crippen molar-refractivity contribution >= 4 is 11.9 Å². The van der Waals surface area contributed by atoms with E-state index in [1.54, 1.807) is 6.20 Å². The molecule has 2 N–H and O–H groups in total. The van der Waals surface area contributed by atoms with Crippen LogP contribution in [0.3, 0.4) is 0 Å². The highest BCUT2D eigenvalue weighted by atomic mass is 16.4. The van der Waals surface area contributed by atoms with E-state index in [1.165, 1.54) is 0 Å². The molecule has 114 valence electrons. The van der Waals surface area contributed by atoms with Gasteiger partial charge in [0.1, 0.15) is 0 Å². The smallest absolute Gasteiger partial charge is 0.311 e. The molecule has 0 unspecified atom stereocenters. The predicted octanol–water partition coefficient (Wildman–Crippen LogP) is 1.59. The minimum absolute atomic E-state index is 0.190. The minimum atomic E-state index is -0.789. The molecule has 0 atom stereocenters. The van der Waals surface area contributed by atoms with Gasteiger partial charge in [0.15, 0.2) is 0 Å². The number of carbonyl (C=O) groups excluding carboxylic acids is 1. The summed E-state index contributed by atoms with van der Waals surface area (Å²) in [5.41, 5.74) is 0.786. The van der Waals surface area contributed by atoms with E-state index in [4.69, 9.17) is 0 Å². The number of carbonyl (C=O) groups is 2. The summed E-state index contributed by atoms with van der Waals surface area (Å²) in [5.74, 6) is -0.980. The molecular weight excluding hydrogens is 270 g/mol. The first-order chi connectivity index (χ1) is 10.1. The van der Waals surface area contributed by atoms with Crippen LogP contribution in [0.15, 0.2) is 6.20 Å². The van der Waals surface area contributed by atoms with Gasteiger partial charge in [0.25, 0.3) is 5.91 Å². The molecular formula is C15H21N3O3. The highest BCUT2D eigenvalue weighted by Gasteiger charge is 2.40. The van der Waals surface area contributed by atoms with E-state index in [0.717, 1.165) is 44.3 Å². The third kappa shape index (κ3) is 2.54. The maximum Gasteiger partial charge on any atom is 0.311 e. The Labute approximate surface area is 123 Å². The van der Waals surface area contributed by atoms with Crippen LogP contribution >= 0.6 is 0 Å². The van der Waals surface area contributed by atoms with Gasteiger partial charge in [0.05, 0.1) is 22.9 Å². The number of nitrogens with zero attached hydrogens (tertiary/aromatic N) is 2. The number of rotatable bonds is 4. The van der Waals surface area contributed by atoms with Crippen LogP contribution in [0.5, 0.6) is 0 Å². The fourth-order valence-electron chi connectivity index (χ4n) is 3.49. The maximum atomic E-state index is 12.3. The lowest BCUT2D eigenvalue weighted by Crippen LogP contribution is -2.44. The fourth-order valence-corrected chi connectivity index (χ4v) is 3.49. The van der Waals surface area contributed by atoms with Gasteiger partial charge in [0.2, 0.25) is 0 Å². The van der Waals surface area contributed by atoms with Gasteiger partial charge in [-0.25, -0.2) is 0 Å². The molecule has 1 amide bonds. The van der Waals surface area contributed by atoms with E-state index in [9.17, 15) is 14.7 Å². The number of hydrogen-bond donors (Lipinski definition) is 2. The number of fused-ring (bicyclic) bond motifs is 1. The zero-order valence-electron chi connectivity index (χ0n) is 12.1. The zero-order chi connectivity index (χ0) is 14.9. The molecule has 1 aliphatic carbocycles. The fraction of sp³-hybridized carbons (Fsp3) is 0.667. The summed E-state index contributed by atoms with van der Waals surface area (Å²) in [5, 5.41) is 16.6. The highest BCUT2D eigenvalue weighted by molar-refractivity contribution is 5.95. The van der Waals surface area contributed by atoms with Crippen LogP contribution < -0.4 is 5.32 Å². The van der Waals surface area contributed by atoms with E-state index in [2.05, 4.69) is 10.4 Å². The molecule has 1 fully saturated rings. The second kappa shape index (κ2) is 5.50. The first-order valence-electron chi connectivity index (χ1n) is 7.69. The molecule has 0 radical (unpaired) electrons. The topological polar surface area (TPSA) is 84.2 Å². The van der Waals surface area contributed by atoms with Gasteiger partial charge >= 0.3 is 5.97 Å². The molecule has 1 aromatic rings. The standard InChI is InChI=1S/C15H21N3O3/c19-13(11-9-17-18-8-4-5-12(11)18)16-10-15(14(20)21)6-2-1-3-7-15/h9H,1-8,10H2,(H,16,19)(H,20,21). The monoisotopic (exact) mass is 291 g/mol. The van der Waals surface area contributed by atoms with Crippen molar-refractivity contribution < 1.29 is 14.7 Å². The second-order valence-corrected chi connectivity index (χ2v) is 6.16. The van der Waals surface area contributed by atoms with Crippen molar-refractivity contribution in [2.75, 3.05) is 6.54 Å². The Balaban J connectivity index is 1.68. The summed E-state index contributed by atoms with van der Waals surface area (Å²) in [7, 11) is 0.